The van der Waals surface area contributed by atoms with Gasteiger partial charge in [-0.2, -0.15) is 0 Å². The van der Waals surface area contributed by atoms with Crippen LogP contribution < -0.4 is 10.1 Å². The summed E-state index contributed by atoms with van der Waals surface area (Å²) in [5, 5.41) is 3.18. The van der Waals surface area contributed by atoms with Crippen molar-refractivity contribution in [3.05, 3.63) is 61.2 Å². The zero-order valence-electron chi connectivity index (χ0n) is 11.7. The molecule has 106 valence electrons. The number of nitrogens with one attached hydrogen (secondary N) is 1. The minimum atomic E-state index is 0.596. The molecule has 1 N–H and O–H groups in total. The van der Waals surface area contributed by atoms with Gasteiger partial charge in [0.25, 0.3) is 0 Å². The Morgan fingerprint density at radius 2 is 1.95 bits per heavy atom. The standard InChI is InChI=1S/C16H16N4O/c1-2-21-14-9-6-10-17-16(14)19-15-11-20(12-18-15)13-7-4-3-5-8-13/h3-12H,2H2,1H3,(H,17,19). The molecule has 5 heteroatoms. The summed E-state index contributed by atoms with van der Waals surface area (Å²) in [6.07, 6.45) is 5.40. The van der Waals surface area contributed by atoms with Crippen molar-refractivity contribution >= 4 is 11.6 Å². The molecule has 0 unspecified atom stereocenters. The largest absolute Gasteiger partial charge is 0.490 e. The smallest absolute Gasteiger partial charge is 0.174 e. The highest BCUT2D eigenvalue weighted by Gasteiger charge is 2.06. The Morgan fingerprint density at radius 1 is 1.10 bits per heavy atom. The van der Waals surface area contributed by atoms with E-state index in [-0.39, 0.29) is 0 Å². The molecule has 0 aliphatic rings. The molecule has 3 rings (SSSR count). The van der Waals surface area contributed by atoms with Crippen LogP contribution in [0.1, 0.15) is 6.92 Å². The van der Waals surface area contributed by atoms with Gasteiger partial charge in [-0.15, -0.1) is 0 Å². The second kappa shape index (κ2) is 6.09. The van der Waals surface area contributed by atoms with Crippen LogP contribution in [0.5, 0.6) is 5.75 Å². The van der Waals surface area contributed by atoms with E-state index >= 15 is 0 Å². The van der Waals surface area contributed by atoms with Gasteiger partial charge in [-0.3, -0.25) is 0 Å². The fourth-order valence-electron chi connectivity index (χ4n) is 2.01. The van der Waals surface area contributed by atoms with E-state index in [0.717, 1.165) is 11.5 Å². The number of nitrogens with zero attached hydrogens (tertiary/aromatic N) is 3. The monoisotopic (exact) mass is 280 g/mol. The molecule has 3 aromatic rings. The summed E-state index contributed by atoms with van der Waals surface area (Å²) < 4.78 is 7.49. The van der Waals surface area contributed by atoms with Gasteiger partial charge in [-0.1, -0.05) is 18.2 Å². The number of imidazole rings is 1. The predicted molar refractivity (Wildman–Crippen MR) is 82.3 cm³/mol. The second-order valence-electron chi connectivity index (χ2n) is 4.41. The average molecular weight is 280 g/mol. The van der Waals surface area contributed by atoms with E-state index in [1.54, 1.807) is 12.5 Å². The van der Waals surface area contributed by atoms with Crippen LogP contribution >= 0.6 is 0 Å². The van der Waals surface area contributed by atoms with Crippen molar-refractivity contribution < 1.29 is 4.74 Å². The lowest BCUT2D eigenvalue weighted by Gasteiger charge is -2.08. The zero-order valence-corrected chi connectivity index (χ0v) is 11.7. The second-order valence-corrected chi connectivity index (χ2v) is 4.41. The summed E-state index contributed by atoms with van der Waals surface area (Å²) in [6.45, 7) is 2.54. The minimum absolute atomic E-state index is 0.596. The van der Waals surface area contributed by atoms with Gasteiger partial charge in [-0.05, 0) is 31.2 Å². The summed E-state index contributed by atoms with van der Waals surface area (Å²) >= 11 is 0. The summed E-state index contributed by atoms with van der Waals surface area (Å²) in [6, 6.07) is 13.8. The third-order valence-corrected chi connectivity index (χ3v) is 2.95. The molecule has 0 fully saturated rings. The van der Waals surface area contributed by atoms with Crippen molar-refractivity contribution in [2.24, 2.45) is 0 Å². The lowest BCUT2D eigenvalue weighted by atomic mass is 10.3. The van der Waals surface area contributed by atoms with Gasteiger partial charge in [0.15, 0.2) is 11.6 Å². The highest BCUT2D eigenvalue weighted by atomic mass is 16.5. The van der Waals surface area contributed by atoms with Crippen LogP contribution in [0.3, 0.4) is 0 Å². The summed E-state index contributed by atoms with van der Waals surface area (Å²) in [7, 11) is 0. The first-order chi connectivity index (χ1) is 10.4. The van der Waals surface area contributed by atoms with Crippen molar-refractivity contribution in [1.29, 1.82) is 0 Å². The molecule has 0 aliphatic carbocycles. The summed E-state index contributed by atoms with van der Waals surface area (Å²) in [5.41, 5.74) is 1.06. The molecule has 0 saturated heterocycles. The molecule has 2 aromatic heterocycles. The normalized spacial score (nSPS) is 10.3. The molecule has 0 radical (unpaired) electrons. The topological polar surface area (TPSA) is 52.0 Å². The Labute approximate surface area is 123 Å². The van der Waals surface area contributed by atoms with Crippen LogP contribution in [0.25, 0.3) is 5.69 Å². The lowest BCUT2D eigenvalue weighted by Crippen LogP contribution is -1.99. The van der Waals surface area contributed by atoms with E-state index in [1.165, 1.54) is 0 Å². The van der Waals surface area contributed by atoms with Crippen molar-refractivity contribution in [1.82, 2.24) is 14.5 Å². The number of anilines is 2. The number of para-hydroxylation sites is 1. The van der Waals surface area contributed by atoms with Crippen molar-refractivity contribution in [2.45, 2.75) is 6.92 Å². The maximum absolute atomic E-state index is 5.54. The first-order valence-corrected chi connectivity index (χ1v) is 6.81. The van der Waals surface area contributed by atoms with Gasteiger partial charge in [0, 0.05) is 11.9 Å². The average Bonchev–Trinajstić information content (AvgIpc) is 2.99. The number of aromatic nitrogens is 3. The minimum Gasteiger partial charge on any atom is -0.490 e. The van der Waals surface area contributed by atoms with Crippen molar-refractivity contribution in [3.8, 4) is 11.4 Å². The quantitative estimate of drug-likeness (QED) is 0.778. The maximum atomic E-state index is 5.54. The van der Waals surface area contributed by atoms with Crippen LogP contribution in [-0.2, 0) is 0 Å². The molecular weight excluding hydrogens is 264 g/mol. The van der Waals surface area contributed by atoms with Crippen LogP contribution in [0.2, 0.25) is 0 Å². The molecular formula is C16H16N4O. The molecule has 0 atom stereocenters. The summed E-state index contributed by atoms with van der Waals surface area (Å²) in [4.78, 5) is 8.63. The van der Waals surface area contributed by atoms with Gasteiger partial charge in [0.1, 0.15) is 12.1 Å². The first kappa shape index (κ1) is 13.2. The lowest BCUT2D eigenvalue weighted by molar-refractivity contribution is 0.341. The first-order valence-electron chi connectivity index (χ1n) is 6.81. The van der Waals surface area contributed by atoms with Gasteiger partial charge in [0.05, 0.1) is 12.8 Å². The Hall–Kier alpha value is -2.82. The molecule has 0 spiro atoms. The van der Waals surface area contributed by atoms with E-state index in [0.29, 0.717) is 18.2 Å². The molecule has 0 saturated carbocycles. The van der Waals surface area contributed by atoms with Crippen LogP contribution in [0.4, 0.5) is 11.6 Å². The fourth-order valence-corrected chi connectivity index (χ4v) is 2.01. The third-order valence-electron chi connectivity index (χ3n) is 2.95. The van der Waals surface area contributed by atoms with E-state index < -0.39 is 0 Å². The third kappa shape index (κ3) is 3.02. The van der Waals surface area contributed by atoms with Crippen LogP contribution in [-0.4, -0.2) is 21.1 Å². The summed E-state index contributed by atoms with van der Waals surface area (Å²) in [5.74, 6) is 2.10. The predicted octanol–water partition coefficient (Wildman–Crippen LogP) is 3.41. The zero-order chi connectivity index (χ0) is 14.5. The Kier molecular flexibility index (Phi) is 3.82. The number of benzene rings is 1. The molecule has 2 heterocycles. The maximum Gasteiger partial charge on any atom is 0.174 e. The van der Waals surface area contributed by atoms with Gasteiger partial charge >= 0.3 is 0 Å². The van der Waals surface area contributed by atoms with E-state index in [1.807, 2.05) is 60.2 Å². The van der Waals surface area contributed by atoms with E-state index in [4.69, 9.17) is 4.74 Å². The molecule has 0 aliphatic heterocycles. The number of hydrogen-bond acceptors (Lipinski definition) is 4. The number of rotatable bonds is 5. The molecule has 0 bridgehead atoms. The van der Waals surface area contributed by atoms with Gasteiger partial charge in [-0.25, -0.2) is 9.97 Å². The molecule has 1 aromatic carbocycles. The van der Waals surface area contributed by atoms with Gasteiger partial charge in [0.2, 0.25) is 0 Å². The SMILES string of the molecule is CCOc1cccnc1Nc1cn(-c2ccccc2)cn1. The fraction of sp³-hybridized carbons (Fsp3) is 0.125. The molecule has 5 nitrogen and oxygen atoms in total. The highest BCUT2D eigenvalue weighted by Crippen LogP contribution is 2.24. The molecule has 0 amide bonds. The van der Waals surface area contributed by atoms with Crippen LogP contribution in [0, 0.1) is 0 Å². The number of hydrogen-bond donors (Lipinski definition) is 1. The van der Waals surface area contributed by atoms with Crippen molar-refractivity contribution in [2.75, 3.05) is 11.9 Å². The number of ether oxygens (including phenoxy) is 1. The van der Waals surface area contributed by atoms with E-state index in [2.05, 4.69) is 15.3 Å². The van der Waals surface area contributed by atoms with Gasteiger partial charge < -0.3 is 14.6 Å². The van der Waals surface area contributed by atoms with Crippen LogP contribution in [0.15, 0.2) is 61.2 Å². The van der Waals surface area contributed by atoms with Crippen molar-refractivity contribution in [3.63, 3.8) is 0 Å². The van der Waals surface area contributed by atoms with E-state index in [9.17, 15) is 0 Å². The number of pyridine rings is 1. The Bertz CT molecular complexity index is 709. The Morgan fingerprint density at radius 3 is 2.76 bits per heavy atom. The Balaban J connectivity index is 1.82. The molecule has 21 heavy (non-hydrogen) atoms. The highest BCUT2D eigenvalue weighted by molar-refractivity contribution is 5.59.